The summed E-state index contributed by atoms with van der Waals surface area (Å²) in [5.41, 5.74) is 5.46. The number of nitrogens with zero attached hydrogens (tertiary/aromatic N) is 2. The first-order chi connectivity index (χ1) is 9.17. The van der Waals surface area contributed by atoms with E-state index in [0.717, 1.165) is 11.3 Å². The van der Waals surface area contributed by atoms with E-state index in [1.807, 2.05) is 38.1 Å². The Kier molecular flexibility index (Phi) is 4.07. The predicted octanol–water partition coefficient (Wildman–Crippen LogP) is 2.09. The molecule has 0 aliphatic rings. The van der Waals surface area contributed by atoms with Crippen LogP contribution in [-0.2, 0) is 6.42 Å². The molecule has 2 aromatic rings. The van der Waals surface area contributed by atoms with Crippen LogP contribution >= 0.6 is 0 Å². The molecular weight excluding hydrogens is 240 g/mol. The number of aryl methyl sites for hydroxylation is 2. The molecule has 1 heterocycles. The van der Waals surface area contributed by atoms with Crippen molar-refractivity contribution in [3.63, 3.8) is 0 Å². The molecule has 19 heavy (non-hydrogen) atoms. The minimum absolute atomic E-state index is 0.181. The van der Waals surface area contributed by atoms with Crippen molar-refractivity contribution < 1.29 is 0 Å². The van der Waals surface area contributed by atoms with Crippen molar-refractivity contribution in [3.05, 3.63) is 57.5 Å². The van der Waals surface area contributed by atoms with Gasteiger partial charge in [0.2, 0.25) is 5.95 Å². The van der Waals surface area contributed by atoms with Gasteiger partial charge in [0.05, 0.1) is 6.21 Å². The van der Waals surface area contributed by atoms with Gasteiger partial charge in [0.15, 0.2) is 0 Å². The Bertz CT molecular complexity index is 629. The summed E-state index contributed by atoms with van der Waals surface area (Å²) in [5, 5.41) is 4.05. The highest BCUT2D eigenvalue weighted by Gasteiger charge is 1.97. The number of aromatic amines is 1. The van der Waals surface area contributed by atoms with Crippen LogP contribution in [0.15, 0.2) is 40.2 Å². The second-order valence-electron chi connectivity index (χ2n) is 4.22. The number of hydrogen-bond acceptors (Lipinski definition) is 4. The van der Waals surface area contributed by atoms with Crippen LogP contribution in [0.25, 0.3) is 0 Å². The van der Waals surface area contributed by atoms with Crippen molar-refractivity contribution in [3.8, 4) is 0 Å². The van der Waals surface area contributed by atoms with Crippen molar-refractivity contribution >= 4 is 12.2 Å². The summed E-state index contributed by atoms with van der Waals surface area (Å²) in [5.74, 6) is 0.354. The van der Waals surface area contributed by atoms with E-state index in [4.69, 9.17) is 0 Å². The van der Waals surface area contributed by atoms with Crippen LogP contribution in [0.5, 0.6) is 0 Å². The maximum Gasteiger partial charge on any atom is 0.252 e. The van der Waals surface area contributed by atoms with Crippen molar-refractivity contribution in [2.75, 3.05) is 5.43 Å². The fourth-order valence-electron chi connectivity index (χ4n) is 1.56. The number of nitrogens with one attached hydrogen (secondary N) is 2. The second-order valence-corrected chi connectivity index (χ2v) is 4.22. The summed E-state index contributed by atoms with van der Waals surface area (Å²) in [6, 6.07) is 9.45. The monoisotopic (exact) mass is 256 g/mol. The van der Waals surface area contributed by atoms with Gasteiger partial charge in [-0.15, -0.1) is 0 Å². The SMILES string of the molecule is CCc1cc(=O)[nH]c(N/N=C\c2ccc(C)cc2)n1. The molecule has 0 radical (unpaired) electrons. The Morgan fingerprint density at radius 1 is 1.37 bits per heavy atom. The van der Waals surface area contributed by atoms with Crippen molar-refractivity contribution in [2.45, 2.75) is 20.3 Å². The van der Waals surface area contributed by atoms with E-state index in [-0.39, 0.29) is 5.56 Å². The maximum atomic E-state index is 11.4. The highest BCUT2D eigenvalue weighted by Crippen LogP contribution is 2.01. The predicted molar refractivity (Wildman–Crippen MR) is 76.6 cm³/mol. The molecule has 5 nitrogen and oxygen atoms in total. The van der Waals surface area contributed by atoms with Crippen LogP contribution in [0.2, 0.25) is 0 Å². The Morgan fingerprint density at radius 2 is 2.11 bits per heavy atom. The quantitative estimate of drug-likeness (QED) is 0.650. The lowest BCUT2D eigenvalue weighted by Crippen LogP contribution is -2.11. The van der Waals surface area contributed by atoms with Gasteiger partial charge in [-0.05, 0) is 18.9 Å². The highest BCUT2D eigenvalue weighted by molar-refractivity contribution is 5.79. The number of aromatic nitrogens is 2. The molecular formula is C14H16N4O. The van der Waals surface area contributed by atoms with Crippen molar-refractivity contribution in [1.29, 1.82) is 0 Å². The molecule has 0 saturated carbocycles. The third-order valence-electron chi connectivity index (χ3n) is 2.62. The number of hydrazone groups is 1. The van der Waals surface area contributed by atoms with E-state index in [9.17, 15) is 4.79 Å². The zero-order valence-corrected chi connectivity index (χ0v) is 11.0. The standard InChI is InChI=1S/C14H16N4O/c1-3-12-8-13(19)17-14(16-12)18-15-9-11-6-4-10(2)5-7-11/h4-9H,3H2,1-2H3,(H2,16,17,18,19)/b15-9-. The molecule has 1 aromatic heterocycles. The lowest BCUT2D eigenvalue weighted by atomic mass is 10.2. The molecule has 0 fully saturated rings. The Labute approximate surface area is 111 Å². The minimum Gasteiger partial charge on any atom is -0.291 e. The lowest BCUT2D eigenvalue weighted by Gasteiger charge is -2.01. The van der Waals surface area contributed by atoms with Gasteiger partial charge in [-0.25, -0.2) is 10.4 Å². The van der Waals surface area contributed by atoms with Crippen LogP contribution in [0.4, 0.5) is 5.95 Å². The molecule has 0 bridgehead atoms. The Morgan fingerprint density at radius 3 is 2.79 bits per heavy atom. The summed E-state index contributed by atoms with van der Waals surface area (Å²) in [7, 11) is 0. The molecule has 1 aromatic carbocycles. The van der Waals surface area contributed by atoms with Crippen molar-refractivity contribution in [2.24, 2.45) is 5.10 Å². The first-order valence-electron chi connectivity index (χ1n) is 6.13. The zero-order valence-electron chi connectivity index (χ0n) is 11.0. The molecule has 2 rings (SSSR count). The highest BCUT2D eigenvalue weighted by atomic mass is 16.1. The van der Waals surface area contributed by atoms with Crippen LogP contribution in [0.3, 0.4) is 0 Å². The number of benzene rings is 1. The normalized spacial score (nSPS) is 10.8. The first kappa shape index (κ1) is 13.0. The molecule has 98 valence electrons. The average Bonchev–Trinajstić information content (AvgIpc) is 2.40. The molecule has 0 unspecified atom stereocenters. The van der Waals surface area contributed by atoms with Gasteiger partial charge in [-0.2, -0.15) is 5.10 Å². The molecule has 0 amide bonds. The van der Waals surface area contributed by atoms with Gasteiger partial charge >= 0.3 is 0 Å². The minimum atomic E-state index is -0.181. The van der Waals surface area contributed by atoms with Crippen LogP contribution < -0.4 is 11.0 Å². The summed E-state index contributed by atoms with van der Waals surface area (Å²) >= 11 is 0. The third kappa shape index (κ3) is 3.77. The molecule has 0 saturated heterocycles. The van der Waals surface area contributed by atoms with Crippen molar-refractivity contribution in [1.82, 2.24) is 9.97 Å². The zero-order chi connectivity index (χ0) is 13.7. The topological polar surface area (TPSA) is 70.1 Å². The molecule has 5 heteroatoms. The van der Waals surface area contributed by atoms with E-state index in [0.29, 0.717) is 12.4 Å². The van der Waals surface area contributed by atoms with E-state index < -0.39 is 0 Å². The van der Waals surface area contributed by atoms with Crippen LogP contribution in [0.1, 0.15) is 23.7 Å². The second kappa shape index (κ2) is 5.95. The lowest BCUT2D eigenvalue weighted by molar-refractivity contribution is 0.974. The van der Waals surface area contributed by atoms with Crippen LogP contribution in [0, 0.1) is 6.92 Å². The summed E-state index contributed by atoms with van der Waals surface area (Å²) < 4.78 is 0. The molecule has 0 atom stereocenters. The number of rotatable bonds is 4. The first-order valence-corrected chi connectivity index (χ1v) is 6.13. The fraction of sp³-hybridized carbons (Fsp3) is 0.214. The number of hydrogen-bond donors (Lipinski definition) is 2. The Balaban J connectivity index is 2.08. The largest absolute Gasteiger partial charge is 0.291 e. The number of H-pyrrole nitrogens is 1. The van der Waals surface area contributed by atoms with E-state index in [1.54, 1.807) is 6.21 Å². The summed E-state index contributed by atoms with van der Waals surface area (Å²) in [6.45, 7) is 3.98. The van der Waals surface area contributed by atoms with E-state index in [2.05, 4.69) is 20.5 Å². The van der Waals surface area contributed by atoms with Gasteiger partial charge in [0.25, 0.3) is 5.56 Å². The molecule has 0 aliphatic heterocycles. The maximum absolute atomic E-state index is 11.4. The van der Waals surface area contributed by atoms with Gasteiger partial charge in [0, 0.05) is 11.8 Å². The molecule has 0 spiro atoms. The van der Waals surface area contributed by atoms with Gasteiger partial charge in [-0.3, -0.25) is 9.78 Å². The van der Waals surface area contributed by atoms with E-state index in [1.165, 1.54) is 11.6 Å². The van der Waals surface area contributed by atoms with Gasteiger partial charge in [-0.1, -0.05) is 36.8 Å². The van der Waals surface area contributed by atoms with Gasteiger partial charge in [0.1, 0.15) is 0 Å². The average molecular weight is 256 g/mol. The smallest absolute Gasteiger partial charge is 0.252 e. The van der Waals surface area contributed by atoms with Gasteiger partial charge < -0.3 is 0 Å². The van der Waals surface area contributed by atoms with E-state index >= 15 is 0 Å². The molecule has 0 aliphatic carbocycles. The fourth-order valence-corrected chi connectivity index (χ4v) is 1.56. The number of anilines is 1. The third-order valence-corrected chi connectivity index (χ3v) is 2.62. The van der Waals surface area contributed by atoms with Crippen LogP contribution in [-0.4, -0.2) is 16.2 Å². The summed E-state index contributed by atoms with van der Waals surface area (Å²) in [4.78, 5) is 18.2. The molecule has 2 N–H and O–H groups in total. The summed E-state index contributed by atoms with van der Waals surface area (Å²) in [6.07, 6.45) is 2.39. The Hall–Kier alpha value is -2.43.